The average molecular weight is 304 g/mol. The number of benzene rings is 1. The van der Waals surface area contributed by atoms with Crippen LogP contribution in [0.4, 0.5) is 0 Å². The van der Waals surface area contributed by atoms with E-state index in [1.54, 1.807) is 36.3 Å². The standard InChI is InChI=1S/C17H24N2O3/c1-17(2,3)16(21)19-11-9-18(10-12-19)15(20)13-5-7-14(22-4)8-6-13/h5-8H,9-12H2,1-4H3. The van der Waals surface area contributed by atoms with E-state index in [0.717, 1.165) is 5.75 Å². The summed E-state index contributed by atoms with van der Waals surface area (Å²) in [6.45, 7) is 8.11. The van der Waals surface area contributed by atoms with Crippen molar-refractivity contribution in [3.63, 3.8) is 0 Å². The molecule has 0 radical (unpaired) electrons. The summed E-state index contributed by atoms with van der Waals surface area (Å²) in [4.78, 5) is 28.3. The highest BCUT2D eigenvalue weighted by Crippen LogP contribution is 2.19. The highest BCUT2D eigenvalue weighted by Gasteiger charge is 2.30. The maximum Gasteiger partial charge on any atom is 0.253 e. The first-order valence-electron chi connectivity index (χ1n) is 7.55. The minimum atomic E-state index is -0.373. The Hall–Kier alpha value is -2.04. The van der Waals surface area contributed by atoms with Crippen molar-refractivity contribution in [2.75, 3.05) is 33.3 Å². The van der Waals surface area contributed by atoms with Crippen LogP contribution >= 0.6 is 0 Å². The fourth-order valence-electron chi connectivity index (χ4n) is 2.50. The Balaban J connectivity index is 1.96. The lowest BCUT2D eigenvalue weighted by Crippen LogP contribution is -2.53. The first-order chi connectivity index (χ1) is 10.3. The number of amides is 2. The largest absolute Gasteiger partial charge is 0.497 e. The molecule has 0 aliphatic carbocycles. The fourth-order valence-corrected chi connectivity index (χ4v) is 2.50. The maximum atomic E-state index is 12.5. The Morgan fingerprint density at radius 1 is 0.955 bits per heavy atom. The van der Waals surface area contributed by atoms with Gasteiger partial charge in [-0.15, -0.1) is 0 Å². The molecule has 1 heterocycles. The molecular weight excluding hydrogens is 280 g/mol. The smallest absolute Gasteiger partial charge is 0.253 e. The minimum Gasteiger partial charge on any atom is -0.497 e. The van der Waals surface area contributed by atoms with Crippen LogP contribution in [0.3, 0.4) is 0 Å². The van der Waals surface area contributed by atoms with Gasteiger partial charge in [0.1, 0.15) is 5.75 Å². The van der Waals surface area contributed by atoms with Crippen LogP contribution in [0, 0.1) is 5.41 Å². The van der Waals surface area contributed by atoms with Gasteiger partial charge in [0.15, 0.2) is 0 Å². The topological polar surface area (TPSA) is 49.9 Å². The number of hydrogen-bond donors (Lipinski definition) is 0. The molecule has 1 aliphatic rings. The summed E-state index contributed by atoms with van der Waals surface area (Å²) in [6, 6.07) is 7.11. The van der Waals surface area contributed by atoms with E-state index in [0.29, 0.717) is 31.7 Å². The number of hydrogen-bond acceptors (Lipinski definition) is 3. The molecule has 0 bridgehead atoms. The normalized spacial score (nSPS) is 15.6. The number of nitrogens with zero attached hydrogens (tertiary/aromatic N) is 2. The summed E-state index contributed by atoms with van der Waals surface area (Å²) >= 11 is 0. The zero-order chi connectivity index (χ0) is 16.3. The summed E-state index contributed by atoms with van der Waals surface area (Å²) < 4.78 is 5.10. The molecule has 0 N–H and O–H groups in total. The third kappa shape index (κ3) is 3.59. The minimum absolute atomic E-state index is 0.00510. The predicted octanol–water partition coefficient (Wildman–Crippen LogP) is 2.03. The van der Waals surface area contributed by atoms with Gasteiger partial charge in [-0.05, 0) is 24.3 Å². The van der Waals surface area contributed by atoms with Gasteiger partial charge in [0.2, 0.25) is 5.91 Å². The van der Waals surface area contributed by atoms with Crippen LogP contribution in [0.25, 0.3) is 0 Å². The Morgan fingerprint density at radius 3 is 1.91 bits per heavy atom. The van der Waals surface area contributed by atoms with Gasteiger partial charge < -0.3 is 14.5 Å². The fraction of sp³-hybridized carbons (Fsp3) is 0.529. The Bertz CT molecular complexity index is 538. The quantitative estimate of drug-likeness (QED) is 0.840. The molecule has 1 aromatic carbocycles. The number of rotatable bonds is 2. The van der Waals surface area contributed by atoms with Crippen LogP contribution in [-0.2, 0) is 4.79 Å². The zero-order valence-electron chi connectivity index (χ0n) is 13.8. The van der Waals surface area contributed by atoms with Crippen LogP contribution in [-0.4, -0.2) is 54.9 Å². The second kappa shape index (κ2) is 6.38. The molecule has 1 saturated heterocycles. The van der Waals surface area contributed by atoms with Gasteiger partial charge in [0.25, 0.3) is 5.91 Å². The summed E-state index contributed by atoms with van der Waals surface area (Å²) in [5.74, 6) is 0.881. The Labute approximate surface area is 131 Å². The SMILES string of the molecule is COc1ccc(C(=O)N2CCN(C(=O)C(C)(C)C)CC2)cc1. The predicted molar refractivity (Wildman–Crippen MR) is 84.9 cm³/mol. The van der Waals surface area contributed by atoms with E-state index >= 15 is 0 Å². The van der Waals surface area contributed by atoms with Gasteiger partial charge in [-0.2, -0.15) is 0 Å². The van der Waals surface area contributed by atoms with Crippen molar-refractivity contribution in [3.8, 4) is 5.75 Å². The summed E-state index contributed by atoms with van der Waals surface area (Å²) in [6.07, 6.45) is 0. The molecule has 22 heavy (non-hydrogen) atoms. The molecule has 0 saturated carbocycles. The molecule has 120 valence electrons. The van der Waals surface area contributed by atoms with Crippen LogP contribution in [0.1, 0.15) is 31.1 Å². The lowest BCUT2D eigenvalue weighted by molar-refractivity contribution is -0.140. The molecule has 1 aromatic rings. The molecule has 1 fully saturated rings. The van der Waals surface area contributed by atoms with Crippen molar-refractivity contribution in [2.24, 2.45) is 5.41 Å². The molecule has 1 aliphatic heterocycles. The van der Waals surface area contributed by atoms with Crippen molar-refractivity contribution < 1.29 is 14.3 Å². The van der Waals surface area contributed by atoms with E-state index in [2.05, 4.69) is 0 Å². The van der Waals surface area contributed by atoms with E-state index in [1.165, 1.54) is 0 Å². The highest BCUT2D eigenvalue weighted by molar-refractivity contribution is 5.94. The van der Waals surface area contributed by atoms with Crippen molar-refractivity contribution in [1.82, 2.24) is 9.80 Å². The average Bonchev–Trinajstić information content (AvgIpc) is 2.53. The van der Waals surface area contributed by atoms with Gasteiger partial charge in [-0.3, -0.25) is 9.59 Å². The summed E-state index contributed by atoms with van der Waals surface area (Å²) in [7, 11) is 1.60. The second-order valence-corrected chi connectivity index (χ2v) is 6.56. The molecule has 2 rings (SSSR count). The van der Waals surface area contributed by atoms with Crippen LogP contribution in [0.2, 0.25) is 0 Å². The van der Waals surface area contributed by atoms with E-state index < -0.39 is 0 Å². The van der Waals surface area contributed by atoms with Gasteiger partial charge >= 0.3 is 0 Å². The first-order valence-corrected chi connectivity index (χ1v) is 7.55. The van der Waals surface area contributed by atoms with Gasteiger partial charge in [0.05, 0.1) is 7.11 Å². The number of carbonyl (C=O) groups excluding carboxylic acids is 2. The summed E-state index contributed by atoms with van der Waals surface area (Å²) in [5.41, 5.74) is 0.277. The van der Waals surface area contributed by atoms with Crippen molar-refractivity contribution in [1.29, 1.82) is 0 Å². The molecule has 0 atom stereocenters. The third-order valence-corrected chi connectivity index (χ3v) is 3.83. The van der Waals surface area contributed by atoms with Gasteiger partial charge in [-0.1, -0.05) is 20.8 Å². The highest BCUT2D eigenvalue weighted by atomic mass is 16.5. The molecule has 0 unspecified atom stereocenters. The number of methoxy groups -OCH3 is 1. The monoisotopic (exact) mass is 304 g/mol. The molecule has 0 spiro atoms. The van der Waals surface area contributed by atoms with E-state index in [-0.39, 0.29) is 17.2 Å². The number of carbonyl (C=O) groups is 2. The maximum absolute atomic E-state index is 12.5. The van der Waals surface area contributed by atoms with Crippen LogP contribution in [0.5, 0.6) is 5.75 Å². The lowest BCUT2D eigenvalue weighted by atomic mass is 9.94. The molecule has 2 amide bonds. The first kappa shape index (κ1) is 16.3. The zero-order valence-corrected chi connectivity index (χ0v) is 13.8. The van der Waals surface area contributed by atoms with E-state index in [9.17, 15) is 9.59 Å². The Kier molecular flexibility index (Phi) is 4.74. The number of piperazine rings is 1. The number of ether oxygens (including phenoxy) is 1. The molecule has 5 nitrogen and oxygen atoms in total. The second-order valence-electron chi connectivity index (χ2n) is 6.56. The summed E-state index contributed by atoms with van der Waals surface area (Å²) in [5, 5.41) is 0. The van der Waals surface area contributed by atoms with Crippen molar-refractivity contribution in [2.45, 2.75) is 20.8 Å². The lowest BCUT2D eigenvalue weighted by Gasteiger charge is -2.37. The molecule has 0 aromatic heterocycles. The molecule has 5 heteroatoms. The Morgan fingerprint density at radius 2 is 1.45 bits per heavy atom. The molecular formula is C17H24N2O3. The van der Waals surface area contributed by atoms with Gasteiger partial charge in [-0.25, -0.2) is 0 Å². The van der Waals surface area contributed by atoms with Crippen molar-refractivity contribution in [3.05, 3.63) is 29.8 Å². The van der Waals surface area contributed by atoms with Crippen molar-refractivity contribution >= 4 is 11.8 Å². The van der Waals surface area contributed by atoms with Crippen LogP contribution < -0.4 is 4.74 Å². The third-order valence-electron chi connectivity index (χ3n) is 3.83. The van der Waals surface area contributed by atoms with Crippen LogP contribution in [0.15, 0.2) is 24.3 Å². The van der Waals surface area contributed by atoms with Gasteiger partial charge in [0, 0.05) is 37.2 Å². The van der Waals surface area contributed by atoms with E-state index in [4.69, 9.17) is 4.74 Å². The van der Waals surface area contributed by atoms with E-state index in [1.807, 2.05) is 25.7 Å².